The Balaban J connectivity index is 1.80. The number of hydrogen-bond donors (Lipinski definition) is 2. The highest BCUT2D eigenvalue weighted by Gasteiger charge is 2.47. The molecule has 0 spiro atoms. The molecule has 0 atom stereocenters. The lowest BCUT2D eigenvalue weighted by Gasteiger charge is -2.38. The van der Waals surface area contributed by atoms with Gasteiger partial charge in [-0.05, 0) is 37.3 Å². The molecule has 3 N–H and O–H groups in total. The number of nitrogens with one attached hydrogen (secondary N) is 1. The van der Waals surface area contributed by atoms with E-state index in [9.17, 15) is 4.79 Å². The van der Waals surface area contributed by atoms with Gasteiger partial charge in [0.2, 0.25) is 5.91 Å². The number of carbonyl (C=O) groups is 1. The minimum absolute atomic E-state index is 0.0413. The Morgan fingerprint density at radius 3 is 2.52 bits per heavy atom. The second kappa shape index (κ2) is 5.59. The minimum atomic E-state index is -0.632. The number of amides is 1. The number of hydrogen-bond acceptors (Lipinski definition) is 3. The standard InChI is InChI=1S/C16H21ClN2O2/c17-13-4-2-1-3-12(13)15(7-9-21-10-8-15)11-19-14(20)16(18)5-6-16/h1-4H,5-11,18H2,(H,19,20). The zero-order valence-corrected chi connectivity index (χ0v) is 12.8. The van der Waals surface area contributed by atoms with Crippen molar-refractivity contribution in [1.82, 2.24) is 5.32 Å². The van der Waals surface area contributed by atoms with Crippen LogP contribution >= 0.6 is 11.6 Å². The van der Waals surface area contributed by atoms with Gasteiger partial charge in [0.15, 0.2) is 0 Å². The first kappa shape index (κ1) is 14.8. The average Bonchev–Trinajstić information content (AvgIpc) is 3.25. The van der Waals surface area contributed by atoms with Gasteiger partial charge >= 0.3 is 0 Å². The number of benzene rings is 1. The van der Waals surface area contributed by atoms with E-state index in [2.05, 4.69) is 11.4 Å². The maximum atomic E-state index is 12.1. The smallest absolute Gasteiger partial charge is 0.240 e. The first-order chi connectivity index (χ1) is 10.1. The lowest BCUT2D eigenvalue weighted by atomic mass is 9.74. The van der Waals surface area contributed by atoms with Gasteiger partial charge in [-0.2, -0.15) is 0 Å². The van der Waals surface area contributed by atoms with Crippen LogP contribution < -0.4 is 11.1 Å². The topological polar surface area (TPSA) is 64.4 Å². The van der Waals surface area contributed by atoms with Gasteiger partial charge in [-0.3, -0.25) is 4.79 Å². The zero-order chi connectivity index (χ0) is 14.9. The summed E-state index contributed by atoms with van der Waals surface area (Å²) in [6.07, 6.45) is 3.27. The van der Waals surface area contributed by atoms with Gasteiger partial charge in [0.05, 0.1) is 5.54 Å². The Kier molecular flexibility index (Phi) is 3.95. The molecule has 21 heavy (non-hydrogen) atoms. The molecule has 1 aromatic rings. The van der Waals surface area contributed by atoms with E-state index < -0.39 is 5.54 Å². The molecule has 3 rings (SSSR count). The summed E-state index contributed by atoms with van der Waals surface area (Å²) in [4.78, 5) is 12.1. The lowest BCUT2D eigenvalue weighted by molar-refractivity contribution is -0.123. The largest absolute Gasteiger partial charge is 0.381 e. The summed E-state index contributed by atoms with van der Waals surface area (Å²) in [7, 11) is 0. The van der Waals surface area contributed by atoms with Crippen molar-refractivity contribution in [1.29, 1.82) is 0 Å². The highest BCUT2D eigenvalue weighted by Crippen LogP contribution is 2.39. The van der Waals surface area contributed by atoms with Crippen molar-refractivity contribution < 1.29 is 9.53 Å². The van der Waals surface area contributed by atoms with Gasteiger partial charge in [-0.15, -0.1) is 0 Å². The monoisotopic (exact) mass is 308 g/mol. The number of rotatable bonds is 4. The van der Waals surface area contributed by atoms with Crippen molar-refractivity contribution in [2.75, 3.05) is 19.8 Å². The second-order valence-electron chi connectivity index (χ2n) is 6.21. The van der Waals surface area contributed by atoms with E-state index in [1.165, 1.54) is 0 Å². The van der Waals surface area contributed by atoms with Crippen LogP contribution in [0.1, 0.15) is 31.2 Å². The maximum absolute atomic E-state index is 12.1. The molecular formula is C16H21ClN2O2. The van der Waals surface area contributed by atoms with Crippen molar-refractivity contribution in [2.24, 2.45) is 5.73 Å². The van der Waals surface area contributed by atoms with E-state index in [1.54, 1.807) is 0 Å². The Hall–Kier alpha value is -1.10. The molecule has 114 valence electrons. The minimum Gasteiger partial charge on any atom is -0.381 e. The van der Waals surface area contributed by atoms with Crippen LogP contribution in [0, 0.1) is 0 Å². The molecule has 0 aromatic heterocycles. The molecule has 5 heteroatoms. The molecule has 2 aliphatic rings. The molecule has 1 heterocycles. The third-order valence-electron chi connectivity index (χ3n) is 4.72. The van der Waals surface area contributed by atoms with E-state index in [0.717, 1.165) is 36.3 Å². The van der Waals surface area contributed by atoms with Crippen LogP contribution in [0.5, 0.6) is 0 Å². The quantitative estimate of drug-likeness (QED) is 0.894. The fraction of sp³-hybridized carbons (Fsp3) is 0.562. The predicted molar refractivity (Wildman–Crippen MR) is 82.3 cm³/mol. The Morgan fingerprint density at radius 1 is 1.24 bits per heavy atom. The molecule has 1 aliphatic heterocycles. The van der Waals surface area contributed by atoms with Crippen LogP contribution in [0.2, 0.25) is 5.02 Å². The van der Waals surface area contributed by atoms with Gasteiger partial charge in [-0.25, -0.2) is 0 Å². The van der Waals surface area contributed by atoms with Crippen LogP contribution in [0.4, 0.5) is 0 Å². The first-order valence-electron chi connectivity index (χ1n) is 7.46. The molecule has 0 bridgehead atoms. The third-order valence-corrected chi connectivity index (χ3v) is 5.05. The fourth-order valence-electron chi connectivity index (χ4n) is 2.98. The lowest BCUT2D eigenvalue weighted by Crippen LogP contribution is -2.50. The summed E-state index contributed by atoms with van der Waals surface area (Å²) in [6.45, 7) is 1.95. The molecular weight excluding hydrogens is 288 g/mol. The fourth-order valence-corrected chi connectivity index (χ4v) is 3.32. The van der Waals surface area contributed by atoms with Crippen molar-refractivity contribution >= 4 is 17.5 Å². The second-order valence-corrected chi connectivity index (χ2v) is 6.62. The molecule has 0 unspecified atom stereocenters. The van der Waals surface area contributed by atoms with Crippen molar-refractivity contribution in [2.45, 2.75) is 36.6 Å². The van der Waals surface area contributed by atoms with Crippen LogP contribution in [0.15, 0.2) is 24.3 Å². The molecule has 1 aliphatic carbocycles. The van der Waals surface area contributed by atoms with E-state index in [1.807, 2.05) is 18.2 Å². The zero-order valence-electron chi connectivity index (χ0n) is 12.0. The van der Waals surface area contributed by atoms with Gasteiger partial charge in [0.1, 0.15) is 0 Å². The van der Waals surface area contributed by atoms with E-state index in [4.69, 9.17) is 22.1 Å². The van der Waals surface area contributed by atoms with Crippen molar-refractivity contribution in [3.05, 3.63) is 34.9 Å². The summed E-state index contributed by atoms with van der Waals surface area (Å²) >= 11 is 6.39. The number of nitrogens with two attached hydrogens (primary N) is 1. The molecule has 1 amide bonds. The van der Waals surface area contributed by atoms with Crippen LogP contribution in [0.25, 0.3) is 0 Å². The van der Waals surface area contributed by atoms with Gasteiger partial charge in [-0.1, -0.05) is 29.8 Å². The molecule has 1 saturated carbocycles. The van der Waals surface area contributed by atoms with Gasteiger partial charge < -0.3 is 15.8 Å². The number of halogens is 1. The van der Waals surface area contributed by atoms with Crippen molar-refractivity contribution in [3.8, 4) is 0 Å². The number of carbonyl (C=O) groups excluding carboxylic acids is 1. The number of ether oxygens (including phenoxy) is 1. The predicted octanol–water partition coefficient (Wildman–Crippen LogP) is 2.00. The van der Waals surface area contributed by atoms with Crippen LogP contribution in [-0.2, 0) is 14.9 Å². The van der Waals surface area contributed by atoms with Crippen LogP contribution in [-0.4, -0.2) is 31.2 Å². The normalized spacial score (nSPS) is 22.6. The first-order valence-corrected chi connectivity index (χ1v) is 7.84. The molecule has 1 aromatic carbocycles. The Labute approximate surface area is 130 Å². The maximum Gasteiger partial charge on any atom is 0.240 e. The van der Waals surface area contributed by atoms with E-state index in [-0.39, 0.29) is 11.3 Å². The average molecular weight is 309 g/mol. The molecule has 1 saturated heterocycles. The Morgan fingerprint density at radius 2 is 1.90 bits per heavy atom. The van der Waals surface area contributed by atoms with Gasteiger partial charge in [0.25, 0.3) is 0 Å². The molecule has 2 fully saturated rings. The molecule has 0 radical (unpaired) electrons. The highest BCUT2D eigenvalue weighted by atomic mass is 35.5. The summed E-state index contributed by atoms with van der Waals surface area (Å²) in [6, 6.07) is 7.87. The summed E-state index contributed by atoms with van der Waals surface area (Å²) in [5.74, 6) is -0.0413. The SMILES string of the molecule is NC1(C(=O)NCC2(c3ccccc3Cl)CCOCC2)CC1. The van der Waals surface area contributed by atoms with E-state index in [0.29, 0.717) is 19.8 Å². The summed E-state index contributed by atoms with van der Waals surface area (Å²) in [5.41, 5.74) is 6.26. The molecule has 4 nitrogen and oxygen atoms in total. The summed E-state index contributed by atoms with van der Waals surface area (Å²) in [5, 5.41) is 3.80. The van der Waals surface area contributed by atoms with Crippen molar-refractivity contribution in [3.63, 3.8) is 0 Å². The van der Waals surface area contributed by atoms with Crippen LogP contribution in [0.3, 0.4) is 0 Å². The summed E-state index contributed by atoms with van der Waals surface area (Å²) < 4.78 is 5.49. The van der Waals surface area contributed by atoms with E-state index >= 15 is 0 Å². The Bertz CT molecular complexity index is 537. The highest BCUT2D eigenvalue weighted by molar-refractivity contribution is 6.31. The third kappa shape index (κ3) is 2.93. The van der Waals surface area contributed by atoms with Gasteiger partial charge in [0, 0.05) is 30.2 Å².